The molecule has 0 saturated heterocycles. The van der Waals surface area contributed by atoms with Crippen LogP contribution in [0.2, 0.25) is 0 Å². The van der Waals surface area contributed by atoms with Crippen LogP contribution in [0.5, 0.6) is 0 Å². The van der Waals surface area contributed by atoms with Crippen molar-refractivity contribution in [2.45, 2.75) is 49.8 Å². The van der Waals surface area contributed by atoms with Gasteiger partial charge in [-0.05, 0) is 37.0 Å². The fraction of sp³-hybridized carbons (Fsp3) is 0.348. The molecule has 3 aromatic rings. The number of amides is 1. The van der Waals surface area contributed by atoms with Crippen LogP contribution in [0.4, 0.5) is 4.39 Å². The van der Waals surface area contributed by atoms with Crippen LogP contribution in [-0.2, 0) is 17.8 Å². The Morgan fingerprint density at radius 3 is 2.57 bits per heavy atom. The van der Waals surface area contributed by atoms with Gasteiger partial charge in [0, 0.05) is 12.6 Å². The standard InChI is InChI=1S/C23H25FN4OS/c24-20-13-7-6-12-19(20)22-26-27-23(28(22)15-14-17-8-2-1-3-9-17)30-16-21(29)25-18-10-4-5-11-18/h1-3,6-9,12-13,18H,4-5,10-11,14-16H2,(H,25,29). The third-order valence-corrected chi connectivity index (χ3v) is 6.32. The summed E-state index contributed by atoms with van der Waals surface area (Å²) in [6.45, 7) is 0.604. The van der Waals surface area contributed by atoms with E-state index in [-0.39, 0.29) is 17.5 Å². The molecule has 0 radical (unpaired) electrons. The Balaban J connectivity index is 1.51. The molecule has 1 amide bonds. The van der Waals surface area contributed by atoms with Crippen LogP contribution >= 0.6 is 11.8 Å². The third kappa shape index (κ3) is 5.08. The van der Waals surface area contributed by atoms with E-state index >= 15 is 0 Å². The lowest BCUT2D eigenvalue weighted by Gasteiger charge is -2.13. The Bertz CT molecular complexity index is 986. The average molecular weight is 425 g/mol. The highest BCUT2D eigenvalue weighted by atomic mass is 32.2. The Hall–Kier alpha value is -2.67. The molecular formula is C23H25FN4OS. The fourth-order valence-corrected chi connectivity index (χ4v) is 4.57. The minimum absolute atomic E-state index is 0.0111. The minimum Gasteiger partial charge on any atom is -0.353 e. The van der Waals surface area contributed by atoms with Crippen LogP contribution in [0.1, 0.15) is 31.2 Å². The van der Waals surface area contributed by atoms with Crippen molar-refractivity contribution in [2.75, 3.05) is 5.75 Å². The molecule has 30 heavy (non-hydrogen) atoms. The zero-order valence-corrected chi connectivity index (χ0v) is 17.6. The number of carbonyl (C=O) groups is 1. The molecule has 0 aliphatic heterocycles. The maximum absolute atomic E-state index is 14.4. The molecule has 1 aromatic heterocycles. The van der Waals surface area contributed by atoms with Crippen LogP contribution in [0, 0.1) is 5.82 Å². The van der Waals surface area contributed by atoms with E-state index in [2.05, 4.69) is 27.6 Å². The van der Waals surface area contributed by atoms with Crippen LogP contribution in [-0.4, -0.2) is 32.5 Å². The summed E-state index contributed by atoms with van der Waals surface area (Å²) in [4.78, 5) is 12.3. The van der Waals surface area contributed by atoms with Crippen molar-refractivity contribution in [3.05, 3.63) is 66.0 Å². The first-order chi connectivity index (χ1) is 14.7. The number of aromatic nitrogens is 3. The van der Waals surface area contributed by atoms with Gasteiger partial charge in [-0.15, -0.1) is 10.2 Å². The second-order valence-electron chi connectivity index (χ2n) is 7.51. The maximum Gasteiger partial charge on any atom is 0.230 e. The molecular weight excluding hydrogens is 399 g/mol. The van der Waals surface area contributed by atoms with Crippen LogP contribution in [0.15, 0.2) is 59.8 Å². The van der Waals surface area contributed by atoms with E-state index in [0.717, 1.165) is 19.3 Å². The van der Waals surface area contributed by atoms with Crippen molar-refractivity contribution in [2.24, 2.45) is 0 Å². The maximum atomic E-state index is 14.4. The molecule has 5 nitrogen and oxygen atoms in total. The van der Waals surface area contributed by atoms with Gasteiger partial charge in [0.15, 0.2) is 11.0 Å². The molecule has 1 aliphatic carbocycles. The molecule has 0 atom stereocenters. The Morgan fingerprint density at radius 1 is 1.07 bits per heavy atom. The predicted octanol–water partition coefficient (Wildman–Crippen LogP) is 4.48. The summed E-state index contributed by atoms with van der Waals surface area (Å²) in [5.74, 6) is 0.443. The normalized spacial score (nSPS) is 14.2. The number of nitrogens with zero attached hydrogens (tertiary/aromatic N) is 3. The second kappa shape index (κ2) is 9.89. The van der Waals surface area contributed by atoms with E-state index in [1.807, 2.05) is 22.8 Å². The number of hydrogen-bond acceptors (Lipinski definition) is 4. The van der Waals surface area contributed by atoms with Crippen molar-refractivity contribution in [1.82, 2.24) is 20.1 Å². The number of benzene rings is 2. The van der Waals surface area contributed by atoms with Crippen molar-refractivity contribution >= 4 is 17.7 Å². The van der Waals surface area contributed by atoms with Gasteiger partial charge in [-0.3, -0.25) is 4.79 Å². The van der Waals surface area contributed by atoms with Gasteiger partial charge >= 0.3 is 0 Å². The van der Waals surface area contributed by atoms with Gasteiger partial charge in [0.1, 0.15) is 5.82 Å². The Labute approximate surface area is 180 Å². The van der Waals surface area contributed by atoms with Crippen molar-refractivity contribution in [3.8, 4) is 11.4 Å². The summed E-state index contributed by atoms with van der Waals surface area (Å²) in [6, 6.07) is 17.0. The highest BCUT2D eigenvalue weighted by Crippen LogP contribution is 2.26. The minimum atomic E-state index is -0.332. The van der Waals surface area contributed by atoms with Gasteiger partial charge in [-0.1, -0.05) is 67.1 Å². The third-order valence-electron chi connectivity index (χ3n) is 5.35. The highest BCUT2D eigenvalue weighted by molar-refractivity contribution is 7.99. The van der Waals surface area contributed by atoms with E-state index in [1.54, 1.807) is 18.2 Å². The summed E-state index contributed by atoms with van der Waals surface area (Å²) in [6.07, 6.45) is 5.24. The lowest BCUT2D eigenvalue weighted by atomic mass is 10.1. The summed E-state index contributed by atoms with van der Waals surface area (Å²) in [7, 11) is 0. The van der Waals surface area contributed by atoms with E-state index in [1.165, 1.54) is 36.2 Å². The fourth-order valence-electron chi connectivity index (χ4n) is 3.79. The second-order valence-corrected chi connectivity index (χ2v) is 8.45. The molecule has 156 valence electrons. The number of thioether (sulfide) groups is 1. The predicted molar refractivity (Wildman–Crippen MR) is 117 cm³/mol. The van der Waals surface area contributed by atoms with Gasteiger partial charge in [0.25, 0.3) is 0 Å². The molecule has 0 bridgehead atoms. The van der Waals surface area contributed by atoms with Gasteiger partial charge in [0.2, 0.25) is 5.91 Å². The van der Waals surface area contributed by atoms with Crippen LogP contribution in [0.3, 0.4) is 0 Å². The number of rotatable bonds is 8. The van der Waals surface area contributed by atoms with Crippen molar-refractivity contribution < 1.29 is 9.18 Å². The van der Waals surface area contributed by atoms with E-state index in [0.29, 0.717) is 29.1 Å². The number of nitrogens with one attached hydrogen (secondary N) is 1. The van der Waals surface area contributed by atoms with Gasteiger partial charge < -0.3 is 9.88 Å². The first kappa shape index (κ1) is 20.6. The molecule has 7 heteroatoms. The van der Waals surface area contributed by atoms with Gasteiger partial charge in [0.05, 0.1) is 11.3 Å². The Morgan fingerprint density at radius 2 is 1.80 bits per heavy atom. The number of halogens is 1. The molecule has 4 rings (SSSR count). The van der Waals surface area contributed by atoms with Crippen molar-refractivity contribution in [1.29, 1.82) is 0 Å². The zero-order chi connectivity index (χ0) is 20.8. The molecule has 1 fully saturated rings. The van der Waals surface area contributed by atoms with Crippen LogP contribution in [0.25, 0.3) is 11.4 Å². The summed E-state index contributed by atoms with van der Waals surface area (Å²) in [5, 5.41) is 12.3. The highest BCUT2D eigenvalue weighted by Gasteiger charge is 2.20. The van der Waals surface area contributed by atoms with E-state index in [4.69, 9.17) is 0 Å². The van der Waals surface area contributed by atoms with Gasteiger partial charge in [-0.25, -0.2) is 4.39 Å². The smallest absolute Gasteiger partial charge is 0.230 e. The Kier molecular flexibility index (Phi) is 6.79. The first-order valence-electron chi connectivity index (χ1n) is 10.3. The largest absolute Gasteiger partial charge is 0.353 e. The molecule has 0 unspecified atom stereocenters. The zero-order valence-electron chi connectivity index (χ0n) is 16.8. The monoisotopic (exact) mass is 424 g/mol. The molecule has 1 N–H and O–H groups in total. The average Bonchev–Trinajstić information content (AvgIpc) is 3.41. The topological polar surface area (TPSA) is 59.8 Å². The lowest BCUT2D eigenvalue weighted by Crippen LogP contribution is -2.33. The van der Waals surface area contributed by atoms with E-state index in [9.17, 15) is 9.18 Å². The summed E-state index contributed by atoms with van der Waals surface area (Å²) < 4.78 is 16.3. The molecule has 1 saturated carbocycles. The summed E-state index contributed by atoms with van der Waals surface area (Å²) >= 11 is 1.35. The first-order valence-corrected chi connectivity index (χ1v) is 11.3. The lowest BCUT2D eigenvalue weighted by molar-refractivity contribution is -0.119. The molecule has 1 aliphatic rings. The molecule has 0 spiro atoms. The molecule has 1 heterocycles. The van der Waals surface area contributed by atoms with Gasteiger partial charge in [-0.2, -0.15) is 0 Å². The van der Waals surface area contributed by atoms with Crippen LogP contribution < -0.4 is 5.32 Å². The SMILES string of the molecule is O=C(CSc1nnc(-c2ccccc2F)n1CCc1ccccc1)NC1CCCC1. The summed E-state index contributed by atoms with van der Waals surface area (Å²) in [5.41, 5.74) is 1.60. The van der Waals surface area contributed by atoms with Crippen molar-refractivity contribution in [3.63, 3.8) is 0 Å². The van der Waals surface area contributed by atoms with E-state index < -0.39 is 0 Å². The number of hydrogen-bond donors (Lipinski definition) is 1. The number of carbonyl (C=O) groups excluding carboxylic acids is 1. The number of aryl methyl sites for hydroxylation is 1. The molecule has 2 aromatic carbocycles. The quantitative estimate of drug-likeness (QED) is 0.542.